The standard InChI is InChI=1S/C20H22N6O2/c1-15-11-19(23-20(22-15)25-14-18(13-21-25)26(27)28)24-9-7-17(8-10-24)12-16-5-3-2-4-6-16/h2-6,11,13-14,17H,7-10,12H2,1H3. The summed E-state index contributed by atoms with van der Waals surface area (Å²) in [7, 11) is 0. The van der Waals surface area contributed by atoms with Crippen molar-refractivity contribution < 1.29 is 4.92 Å². The van der Waals surface area contributed by atoms with E-state index < -0.39 is 4.92 Å². The molecule has 2 aromatic heterocycles. The van der Waals surface area contributed by atoms with Gasteiger partial charge < -0.3 is 4.90 Å². The lowest BCUT2D eigenvalue weighted by Gasteiger charge is -2.33. The number of benzene rings is 1. The van der Waals surface area contributed by atoms with Crippen LogP contribution in [0.15, 0.2) is 48.8 Å². The number of aromatic nitrogens is 4. The van der Waals surface area contributed by atoms with E-state index in [1.165, 1.54) is 22.6 Å². The average molecular weight is 378 g/mol. The summed E-state index contributed by atoms with van der Waals surface area (Å²) in [4.78, 5) is 21.7. The summed E-state index contributed by atoms with van der Waals surface area (Å²) in [6, 6.07) is 12.6. The predicted octanol–water partition coefficient (Wildman–Crippen LogP) is 3.34. The Bertz CT molecular complexity index is 964. The first-order valence-corrected chi connectivity index (χ1v) is 9.42. The van der Waals surface area contributed by atoms with Crippen LogP contribution in [0, 0.1) is 23.0 Å². The molecule has 3 aromatic rings. The maximum Gasteiger partial charge on any atom is 0.307 e. The van der Waals surface area contributed by atoms with Crippen LogP contribution in [0.5, 0.6) is 0 Å². The highest BCUT2D eigenvalue weighted by molar-refractivity contribution is 5.42. The van der Waals surface area contributed by atoms with Gasteiger partial charge in [-0.3, -0.25) is 10.1 Å². The summed E-state index contributed by atoms with van der Waals surface area (Å²) in [6.07, 6.45) is 5.88. The molecule has 1 aliphatic heterocycles. The Morgan fingerprint density at radius 3 is 2.61 bits per heavy atom. The van der Waals surface area contributed by atoms with Gasteiger partial charge in [0.15, 0.2) is 0 Å². The molecule has 0 saturated carbocycles. The van der Waals surface area contributed by atoms with Crippen LogP contribution in [0.25, 0.3) is 5.95 Å². The predicted molar refractivity (Wildman–Crippen MR) is 106 cm³/mol. The van der Waals surface area contributed by atoms with E-state index in [9.17, 15) is 10.1 Å². The van der Waals surface area contributed by atoms with Crippen LogP contribution in [-0.4, -0.2) is 37.8 Å². The lowest BCUT2D eigenvalue weighted by Crippen LogP contribution is -2.35. The molecule has 0 amide bonds. The molecule has 0 radical (unpaired) electrons. The Morgan fingerprint density at radius 1 is 1.18 bits per heavy atom. The molecule has 0 unspecified atom stereocenters. The summed E-state index contributed by atoms with van der Waals surface area (Å²) in [5.41, 5.74) is 2.12. The first kappa shape index (κ1) is 18.1. The molecule has 1 aliphatic rings. The maximum absolute atomic E-state index is 10.9. The van der Waals surface area contributed by atoms with Crippen molar-refractivity contribution in [2.24, 2.45) is 5.92 Å². The Balaban J connectivity index is 1.46. The van der Waals surface area contributed by atoms with Crippen molar-refractivity contribution in [3.8, 4) is 5.95 Å². The van der Waals surface area contributed by atoms with E-state index in [4.69, 9.17) is 0 Å². The van der Waals surface area contributed by atoms with Crippen LogP contribution < -0.4 is 4.90 Å². The molecule has 0 spiro atoms. The SMILES string of the molecule is Cc1cc(N2CCC(Cc3ccccc3)CC2)nc(-n2cc([N+](=O)[O-])cn2)n1. The maximum atomic E-state index is 10.9. The van der Waals surface area contributed by atoms with Crippen LogP contribution in [0.3, 0.4) is 0 Å². The number of hydrogen-bond acceptors (Lipinski definition) is 6. The van der Waals surface area contributed by atoms with Crippen molar-refractivity contribution in [1.29, 1.82) is 0 Å². The zero-order valence-electron chi connectivity index (χ0n) is 15.7. The first-order valence-electron chi connectivity index (χ1n) is 9.42. The van der Waals surface area contributed by atoms with Crippen molar-refractivity contribution >= 4 is 11.5 Å². The third-order valence-electron chi connectivity index (χ3n) is 5.12. The highest BCUT2D eigenvalue weighted by atomic mass is 16.6. The second-order valence-electron chi connectivity index (χ2n) is 7.19. The lowest BCUT2D eigenvalue weighted by molar-refractivity contribution is -0.384. The largest absolute Gasteiger partial charge is 0.356 e. The number of nitrogens with zero attached hydrogens (tertiary/aromatic N) is 6. The monoisotopic (exact) mass is 378 g/mol. The van der Waals surface area contributed by atoms with E-state index in [0.29, 0.717) is 11.9 Å². The summed E-state index contributed by atoms with van der Waals surface area (Å²) in [5, 5.41) is 14.9. The highest BCUT2D eigenvalue weighted by Gasteiger charge is 2.22. The van der Waals surface area contributed by atoms with Crippen LogP contribution in [0.1, 0.15) is 24.1 Å². The highest BCUT2D eigenvalue weighted by Crippen LogP contribution is 2.25. The molecule has 1 aromatic carbocycles. The van der Waals surface area contributed by atoms with E-state index in [1.54, 1.807) is 0 Å². The molecular weight excluding hydrogens is 356 g/mol. The number of anilines is 1. The minimum atomic E-state index is -0.474. The van der Waals surface area contributed by atoms with Gasteiger partial charge in [0.05, 0.1) is 4.92 Å². The Morgan fingerprint density at radius 2 is 1.93 bits per heavy atom. The van der Waals surface area contributed by atoms with Crippen LogP contribution >= 0.6 is 0 Å². The number of piperidine rings is 1. The molecule has 1 saturated heterocycles. The molecule has 0 atom stereocenters. The second-order valence-corrected chi connectivity index (χ2v) is 7.19. The van der Waals surface area contributed by atoms with Gasteiger partial charge >= 0.3 is 5.69 Å². The summed E-state index contributed by atoms with van der Waals surface area (Å²) >= 11 is 0. The molecule has 0 bridgehead atoms. The summed E-state index contributed by atoms with van der Waals surface area (Å²) in [6.45, 7) is 3.77. The average Bonchev–Trinajstić information content (AvgIpc) is 3.20. The topological polar surface area (TPSA) is 90.0 Å². The lowest BCUT2D eigenvalue weighted by atomic mass is 9.90. The molecule has 8 nitrogen and oxygen atoms in total. The number of hydrogen-bond donors (Lipinski definition) is 0. The minimum Gasteiger partial charge on any atom is -0.356 e. The fourth-order valence-electron chi connectivity index (χ4n) is 3.63. The fourth-order valence-corrected chi connectivity index (χ4v) is 3.63. The Kier molecular flexibility index (Phi) is 5.01. The second kappa shape index (κ2) is 7.75. The molecular formula is C20H22N6O2. The van der Waals surface area contributed by atoms with Crippen molar-refractivity contribution in [3.63, 3.8) is 0 Å². The Hall–Kier alpha value is -3.29. The van der Waals surface area contributed by atoms with E-state index in [1.807, 2.05) is 13.0 Å². The minimum absolute atomic E-state index is 0.0756. The van der Waals surface area contributed by atoms with Gasteiger partial charge in [-0.15, -0.1) is 0 Å². The molecule has 0 N–H and O–H groups in total. The molecule has 0 aliphatic carbocycles. The normalized spacial score (nSPS) is 15.0. The van der Waals surface area contributed by atoms with Gasteiger partial charge in [-0.2, -0.15) is 14.8 Å². The van der Waals surface area contributed by atoms with Gasteiger partial charge in [-0.25, -0.2) is 4.98 Å². The number of aryl methyl sites for hydroxylation is 1. The number of rotatable bonds is 5. The van der Waals surface area contributed by atoms with Crippen molar-refractivity contribution in [1.82, 2.24) is 19.7 Å². The van der Waals surface area contributed by atoms with Gasteiger partial charge in [0, 0.05) is 24.8 Å². The van der Waals surface area contributed by atoms with E-state index in [-0.39, 0.29) is 5.69 Å². The van der Waals surface area contributed by atoms with Gasteiger partial charge in [-0.05, 0) is 37.7 Å². The van der Waals surface area contributed by atoms with Crippen molar-refractivity contribution in [3.05, 3.63) is 70.2 Å². The summed E-state index contributed by atoms with van der Waals surface area (Å²) < 4.78 is 1.36. The molecule has 3 heterocycles. The van der Waals surface area contributed by atoms with Gasteiger partial charge in [-0.1, -0.05) is 30.3 Å². The first-order chi connectivity index (χ1) is 13.6. The smallest absolute Gasteiger partial charge is 0.307 e. The third-order valence-corrected chi connectivity index (χ3v) is 5.12. The van der Waals surface area contributed by atoms with Crippen LogP contribution in [0.2, 0.25) is 0 Å². The molecule has 28 heavy (non-hydrogen) atoms. The third kappa shape index (κ3) is 4.00. The van der Waals surface area contributed by atoms with Crippen molar-refractivity contribution in [2.75, 3.05) is 18.0 Å². The molecule has 144 valence electrons. The van der Waals surface area contributed by atoms with E-state index >= 15 is 0 Å². The van der Waals surface area contributed by atoms with Crippen LogP contribution in [0.4, 0.5) is 11.5 Å². The number of nitro groups is 1. The zero-order valence-corrected chi connectivity index (χ0v) is 15.7. The Labute approximate surface area is 163 Å². The van der Waals surface area contributed by atoms with Crippen LogP contribution in [-0.2, 0) is 6.42 Å². The molecule has 1 fully saturated rings. The van der Waals surface area contributed by atoms with Crippen molar-refractivity contribution in [2.45, 2.75) is 26.2 Å². The quantitative estimate of drug-likeness (QED) is 0.500. The zero-order chi connectivity index (χ0) is 19.5. The van der Waals surface area contributed by atoms with Gasteiger partial charge in [0.2, 0.25) is 0 Å². The fraction of sp³-hybridized carbons (Fsp3) is 0.350. The van der Waals surface area contributed by atoms with Gasteiger partial charge in [0.25, 0.3) is 5.95 Å². The van der Waals surface area contributed by atoms with E-state index in [2.05, 4.69) is 50.3 Å². The molecule has 8 heteroatoms. The molecule has 4 rings (SSSR count). The van der Waals surface area contributed by atoms with E-state index in [0.717, 1.165) is 43.9 Å². The van der Waals surface area contributed by atoms with Gasteiger partial charge in [0.1, 0.15) is 18.2 Å². The summed E-state index contributed by atoms with van der Waals surface area (Å²) in [5.74, 6) is 1.88.